The van der Waals surface area contributed by atoms with Gasteiger partial charge in [-0.3, -0.25) is 4.79 Å². The predicted octanol–water partition coefficient (Wildman–Crippen LogP) is 4.20. The number of hydrogen-bond acceptors (Lipinski definition) is 4. The van der Waals surface area contributed by atoms with Crippen LogP contribution in [0.25, 0.3) is 0 Å². The van der Waals surface area contributed by atoms with Crippen LogP contribution < -0.4 is 0 Å². The number of alkyl halides is 3. The second-order valence-corrected chi connectivity index (χ2v) is 7.59. The van der Waals surface area contributed by atoms with E-state index in [2.05, 4.69) is 0 Å². The van der Waals surface area contributed by atoms with Crippen LogP contribution >= 0.6 is 11.8 Å². The Bertz CT molecular complexity index is 646. The third-order valence-electron chi connectivity index (χ3n) is 4.02. The van der Waals surface area contributed by atoms with E-state index in [0.29, 0.717) is 12.2 Å². The molecule has 144 valence electrons. The molecule has 0 spiro atoms. The molecule has 1 aromatic carbocycles. The summed E-state index contributed by atoms with van der Waals surface area (Å²) < 4.78 is 43.3. The van der Waals surface area contributed by atoms with Gasteiger partial charge in [-0.2, -0.15) is 13.2 Å². The number of rotatable bonds is 5. The van der Waals surface area contributed by atoms with Gasteiger partial charge in [0, 0.05) is 11.3 Å². The zero-order valence-corrected chi connectivity index (χ0v) is 15.7. The first kappa shape index (κ1) is 20.6. The van der Waals surface area contributed by atoms with Crippen LogP contribution in [-0.2, 0) is 15.7 Å². The van der Waals surface area contributed by atoms with Crippen LogP contribution in [0.3, 0.4) is 0 Å². The maximum Gasteiger partial charge on any atom is 0.416 e. The van der Waals surface area contributed by atoms with Crippen LogP contribution in [0.1, 0.15) is 43.1 Å². The third-order valence-corrected chi connectivity index (χ3v) is 5.64. The summed E-state index contributed by atoms with van der Waals surface area (Å²) in [6.07, 6.45) is -3.79. The van der Waals surface area contributed by atoms with E-state index in [-0.39, 0.29) is 23.5 Å². The summed E-state index contributed by atoms with van der Waals surface area (Å²) in [5.74, 6) is -0.427. The number of halogens is 3. The third kappa shape index (κ3) is 4.52. The Labute approximate surface area is 155 Å². The molecule has 0 aliphatic carbocycles. The molecule has 8 heteroatoms. The maximum absolute atomic E-state index is 12.9. The van der Waals surface area contributed by atoms with Crippen molar-refractivity contribution in [1.82, 2.24) is 4.90 Å². The van der Waals surface area contributed by atoms with Crippen molar-refractivity contribution in [3.63, 3.8) is 0 Å². The Morgan fingerprint density at radius 2 is 1.88 bits per heavy atom. The lowest BCUT2D eigenvalue weighted by Crippen LogP contribution is -2.47. The van der Waals surface area contributed by atoms with E-state index >= 15 is 0 Å². The number of nitrogens with zero attached hydrogens (tertiary/aromatic N) is 1. The second kappa shape index (κ2) is 8.33. The number of esters is 1. The first-order valence-electron chi connectivity index (χ1n) is 8.45. The minimum atomic E-state index is -4.46. The molecule has 2 rings (SSSR count). The SMILES string of the molecule is CCCOC(=O)C1CSC(C(C)C)N1C(=O)c1ccc(C(F)(F)F)cc1. The van der Waals surface area contributed by atoms with Gasteiger partial charge in [0.05, 0.1) is 17.5 Å². The molecule has 0 aromatic heterocycles. The van der Waals surface area contributed by atoms with Crippen molar-refractivity contribution in [2.24, 2.45) is 5.92 Å². The number of thioether (sulfide) groups is 1. The van der Waals surface area contributed by atoms with Gasteiger partial charge in [-0.15, -0.1) is 11.8 Å². The molecule has 0 saturated carbocycles. The number of amides is 1. The second-order valence-electron chi connectivity index (χ2n) is 6.44. The topological polar surface area (TPSA) is 46.6 Å². The molecule has 1 heterocycles. The van der Waals surface area contributed by atoms with Crippen LogP contribution in [0.2, 0.25) is 0 Å². The monoisotopic (exact) mass is 389 g/mol. The highest BCUT2D eigenvalue weighted by Gasteiger charge is 2.44. The highest BCUT2D eigenvalue weighted by Crippen LogP contribution is 2.36. The van der Waals surface area contributed by atoms with Crippen molar-refractivity contribution >= 4 is 23.6 Å². The van der Waals surface area contributed by atoms with Gasteiger partial charge < -0.3 is 9.64 Å². The molecule has 1 aromatic rings. The Kier molecular flexibility index (Phi) is 6.60. The number of carbonyl (C=O) groups is 2. The van der Waals surface area contributed by atoms with Crippen molar-refractivity contribution in [3.05, 3.63) is 35.4 Å². The van der Waals surface area contributed by atoms with Gasteiger partial charge in [-0.1, -0.05) is 20.8 Å². The van der Waals surface area contributed by atoms with Crippen molar-refractivity contribution in [3.8, 4) is 0 Å². The van der Waals surface area contributed by atoms with E-state index < -0.39 is 29.7 Å². The Balaban J connectivity index is 2.27. The molecule has 4 nitrogen and oxygen atoms in total. The van der Waals surface area contributed by atoms with E-state index in [9.17, 15) is 22.8 Å². The number of benzene rings is 1. The molecule has 0 radical (unpaired) electrons. The van der Waals surface area contributed by atoms with Crippen molar-refractivity contribution < 1.29 is 27.5 Å². The molecule has 26 heavy (non-hydrogen) atoms. The number of hydrogen-bond donors (Lipinski definition) is 0. The molecule has 0 N–H and O–H groups in total. The molecule has 2 atom stereocenters. The number of ether oxygens (including phenoxy) is 1. The summed E-state index contributed by atoms with van der Waals surface area (Å²) in [4.78, 5) is 26.7. The lowest BCUT2D eigenvalue weighted by molar-refractivity contribution is -0.148. The van der Waals surface area contributed by atoms with E-state index in [1.54, 1.807) is 0 Å². The van der Waals surface area contributed by atoms with Gasteiger partial charge in [0.2, 0.25) is 0 Å². The molecule has 1 amide bonds. The fourth-order valence-corrected chi connectivity index (χ4v) is 4.19. The standard InChI is InChI=1S/C18H22F3NO3S/c1-4-9-25-17(24)14-10-26-16(11(2)3)22(14)15(23)12-5-7-13(8-6-12)18(19,20)21/h5-8,11,14,16H,4,9-10H2,1-3H3. The Morgan fingerprint density at radius 3 is 2.38 bits per heavy atom. The van der Waals surface area contributed by atoms with E-state index in [4.69, 9.17) is 4.74 Å². The summed E-state index contributed by atoms with van der Waals surface area (Å²) in [6.45, 7) is 6.02. The highest BCUT2D eigenvalue weighted by atomic mass is 32.2. The van der Waals surface area contributed by atoms with Gasteiger partial charge in [0.1, 0.15) is 6.04 Å². The summed E-state index contributed by atoms with van der Waals surface area (Å²) in [5.41, 5.74) is -0.691. The lowest BCUT2D eigenvalue weighted by Gasteiger charge is -2.30. The Hall–Kier alpha value is -1.70. The summed E-state index contributed by atoms with van der Waals surface area (Å²) in [6, 6.07) is 3.34. The highest BCUT2D eigenvalue weighted by molar-refractivity contribution is 8.00. The average molecular weight is 389 g/mol. The normalized spacial score (nSPS) is 20.5. The van der Waals surface area contributed by atoms with Gasteiger partial charge in [0.25, 0.3) is 5.91 Å². The first-order chi connectivity index (χ1) is 12.2. The van der Waals surface area contributed by atoms with Crippen molar-refractivity contribution in [2.75, 3.05) is 12.4 Å². The molecule has 0 bridgehead atoms. The smallest absolute Gasteiger partial charge is 0.416 e. The fourth-order valence-electron chi connectivity index (χ4n) is 2.73. The van der Waals surface area contributed by atoms with E-state index in [1.165, 1.54) is 16.7 Å². The summed E-state index contributed by atoms with van der Waals surface area (Å²) in [5, 5.41) is -0.232. The minimum absolute atomic E-state index is 0.0855. The minimum Gasteiger partial charge on any atom is -0.464 e. The molecule has 2 unspecified atom stereocenters. The lowest BCUT2D eigenvalue weighted by atomic mass is 10.1. The summed E-state index contributed by atoms with van der Waals surface area (Å²) in [7, 11) is 0. The summed E-state index contributed by atoms with van der Waals surface area (Å²) >= 11 is 1.48. The molecule has 1 aliphatic rings. The maximum atomic E-state index is 12.9. The Morgan fingerprint density at radius 1 is 1.27 bits per heavy atom. The average Bonchev–Trinajstić information content (AvgIpc) is 3.03. The van der Waals surface area contributed by atoms with Crippen LogP contribution in [-0.4, -0.2) is 40.6 Å². The first-order valence-corrected chi connectivity index (χ1v) is 9.49. The van der Waals surface area contributed by atoms with Crippen molar-refractivity contribution in [2.45, 2.75) is 44.8 Å². The van der Waals surface area contributed by atoms with Crippen LogP contribution in [0.5, 0.6) is 0 Å². The van der Waals surface area contributed by atoms with Gasteiger partial charge in [-0.25, -0.2) is 4.79 Å². The largest absolute Gasteiger partial charge is 0.464 e. The molecule has 1 fully saturated rings. The molecule has 1 saturated heterocycles. The van der Waals surface area contributed by atoms with Gasteiger partial charge in [0.15, 0.2) is 0 Å². The quantitative estimate of drug-likeness (QED) is 0.708. The molecule has 1 aliphatic heterocycles. The van der Waals surface area contributed by atoms with Crippen LogP contribution in [0.4, 0.5) is 13.2 Å². The molecular formula is C18H22F3NO3S. The number of carbonyl (C=O) groups excluding carboxylic acids is 2. The van der Waals surface area contributed by atoms with Crippen molar-refractivity contribution in [1.29, 1.82) is 0 Å². The zero-order valence-electron chi connectivity index (χ0n) is 14.9. The van der Waals surface area contributed by atoms with Crippen LogP contribution in [0.15, 0.2) is 24.3 Å². The van der Waals surface area contributed by atoms with E-state index in [0.717, 1.165) is 24.3 Å². The fraction of sp³-hybridized carbons (Fsp3) is 0.556. The van der Waals surface area contributed by atoms with Gasteiger partial charge >= 0.3 is 12.1 Å². The predicted molar refractivity (Wildman–Crippen MR) is 93.7 cm³/mol. The molecular weight excluding hydrogens is 367 g/mol. The zero-order chi connectivity index (χ0) is 19.5. The van der Waals surface area contributed by atoms with Gasteiger partial charge in [-0.05, 0) is 36.6 Å². The van der Waals surface area contributed by atoms with E-state index in [1.807, 2.05) is 20.8 Å². The van der Waals surface area contributed by atoms with Crippen LogP contribution in [0, 0.1) is 5.92 Å².